The summed E-state index contributed by atoms with van der Waals surface area (Å²) in [6.07, 6.45) is 2.60. The predicted octanol–water partition coefficient (Wildman–Crippen LogP) is 3.73. The number of hydrogen-bond donors (Lipinski definition) is 2. The van der Waals surface area contributed by atoms with Crippen LogP contribution in [-0.4, -0.2) is 56.8 Å². The van der Waals surface area contributed by atoms with Crippen molar-refractivity contribution in [1.29, 1.82) is 0 Å². The first-order valence-electron chi connectivity index (χ1n) is 9.97. The van der Waals surface area contributed by atoms with Gasteiger partial charge >= 0.3 is 0 Å². The molecule has 2 fully saturated rings. The quantitative estimate of drug-likeness (QED) is 0.336. The van der Waals surface area contributed by atoms with Crippen LogP contribution in [0, 0.1) is 11.3 Å². The normalized spacial score (nSPS) is 21.8. The van der Waals surface area contributed by atoms with E-state index in [1.165, 1.54) is 30.8 Å². The molecule has 7 heteroatoms. The molecule has 1 aromatic rings. The second kappa shape index (κ2) is 11.0. The minimum atomic E-state index is 0. The average molecular weight is 506 g/mol. The van der Waals surface area contributed by atoms with Crippen LogP contribution in [0.15, 0.2) is 22.5 Å². The fourth-order valence-corrected chi connectivity index (χ4v) is 4.44. The topological polar surface area (TPSA) is 48.9 Å². The van der Waals surface area contributed by atoms with Gasteiger partial charge in [-0.1, -0.05) is 19.9 Å². The lowest BCUT2D eigenvalue weighted by molar-refractivity contribution is -0.0945. The van der Waals surface area contributed by atoms with E-state index >= 15 is 0 Å². The second-order valence-electron chi connectivity index (χ2n) is 8.13. The number of likely N-dealkylation sites (tertiary alicyclic amines) is 1. The molecule has 2 N–H and O–H groups in total. The van der Waals surface area contributed by atoms with Crippen LogP contribution in [0.2, 0.25) is 0 Å². The van der Waals surface area contributed by atoms with Gasteiger partial charge in [-0.3, -0.25) is 9.89 Å². The van der Waals surface area contributed by atoms with Crippen LogP contribution in [0.3, 0.4) is 0 Å². The first-order chi connectivity index (χ1) is 12.6. The number of thiophene rings is 1. The molecule has 27 heavy (non-hydrogen) atoms. The monoisotopic (exact) mass is 506 g/mol. The van der Waals surface area contributed by atoms with Gasteiger partial charge in [-0.25, -0.2) is 0 Å². The summed E-state index contributed by atoms with van der Waals surface area (Å²) in [6.45, 7) is 13.3. The molecule has 0 saturated carbocycles. The lowest BCUT2D eigenvalue weighted by atomic mass is 9.89. The van der Waals surface area contributed by atoms with Gasteiger partial charge in [-0.15, -0.1) is 35.3 Å². The number of nitrogens with one attached hydrogen (secondary N) is 2. The molecule has 154 valence electrons. The number of hydrogen-bond acceptors (Lipinski definition) is 4. The summed E-state index contributed by atoms with van der Waals surface area (Å²) >= 11 is 1.86. The van der Waals surface area contributed by atoms with E-state index < -0.39 is 0 Å². The van der Waals surface area contributed by atoms with Crippen molar-refractivity contribution >= 4 is 41.3 Å². The largest absolute Gasteiger partial charge is 0.380 e. The molecule has 3 heterocycles. The Morgan fingerprint density at radius 2 is 2.11 bits per heavy atom. The molecule has 0 radical (unpaired) electrons. The minimum absolute atomic E-state index is 0. The summed E-state index contributed by atoms with van der Waals surface area (Å²) in [4.78, 5) is 8.91. The smallest absolute Gasteiger partial charge is 0.191 e. The maximum absolute atomic E-state index is 5.35. The van der Waals surface area contributed by atoms with Gasteiger partial charge in [0.05, 0.1) is 25.8 Å². The standard InChI is InChI=1S/C20H34N4OS.HI/c1-4-21-19(23-13-20(3)14-25-15-20)22-12-17(18-6-5-11-26-18)24-9-7-16(2)8-10-24;/h5-6,11,16-17H,4,7-10,12-15H2,1-3H3,(H2,21,22,23);1H. The van der Waals surface area contributed by atoms with E-state index in [2.05, 4.69) is 53.8 Å². The highest BCUT2D eigenvalue weighted by molar-refractivity contribution is 14.0. The van der Waals surface area contributed by atoms with Gasteiger partial charge in [0.15, 0.2) is 5.96 Å². The van der Waals surface area contributed by atoms with Crippen LogP contribution in [0.1, 0.15) is 44.5 Å². The van der Waals surface area contributed by atoms with E-state index in [0.717, 1.165) is 44.7 Å². The van der Waals surface area contributed by atoms with E-state index in [1.807, 2.05) is 11.3 Å². The Balaban J connectivity index is 0.00000261. The lowest BCUT2D eigenvalue weighted by Gasteiger charge is -2.37. The third-order valence-electron chi connectivity index (χ3n) is 5.46. The molecule has 2 saturated heterocycles. The van der Waals surface area contributed by atoms with Crippen molar-refractivity contribution in [3.05, 3.63) is 22.4 Å². The van der Waals surface area contributed by atoms with Gasteiger partial charge in [-0.2, -0.15) is 0 Å². The van der Waals surface area contributed by atoms with Crippen LogP contribution in [0.25, 0.3) is 0 Å². The molecule has 1 atom stereocenters. The number of rotatable bonds is 7. The number of nitrogens with zero attached hydrogens (tertiary/aromatic N) is 2. The zero-order valence-corrected chi connectivity index (χ0v) is 20.0. The van der Waals surface area contributed by atoms with E-state index in [0.29, 0.717) is 6.04 Å². The molecule has 0 aromatic carbocycles. The van der Waals surface area contributed by atoms with E-state index in [1.54, 1.807) is 0 Å². The number of ether oxygens (including phenoxy) is 1. The summed E-state index contributed by atoms with van der Waals surface area (Å²) < 4.78 is 5.35. The summed E-state index contributed by atoms with van der Waals surface area (Å²) in [5.41, 5.74) is 0.207. The van der Waals surface area contributed by atoms with Crippen molar-refractivity contribution in [3.8, 4) is 0 Å². The molecule has 0 bridgehead atoms. The molecule has 0 aliphatic carbocycles. The molecule has 0 amide bonds. The zero-order valence-electron chi connectivity index (χ0n) is 16.9. The van der Waals surface area contributed by atoms with Crippen LogP contribution in [-0.2, 0) is 4.74 Å². The fourth-order valence-electron chi connectivity index (χ4n) is 3.58. The van der Waals surface area contributed by atoms with E-state index in [-0.39, 0.29) is 29.4 Å². The summed E-state index contributed by atoms with van der Waals surface area (Å²) in [5.74, 6) is 1.78. The van der Waals surface area contributed by atoms with Crippen molar-refractivity contribution in [1.82, 2.24) is 15.5 Å². The average Bonchev–Trinajstić information content (AvgIpc) is 3.14. The van der Waals surface area contributed by atoms with Gasteiger partial charge in [0.2, 0.25) is 0 Å². The van der Waals surface area contributed by atoms with Crippen LogP contribution < -0.4 is 10.6 Å². The van der Waals surface area contributed by atoms with Crippen molar-refractivity contribution in [2.45, 2.75) is 39.7 Å². The Hall–Kier alpha value is -0.380. The Kier molecular flexibility index (Phi) is 9.31. The highest BCUT2D eigenvalue weighted by Gasteiger charge is 2.33. The highest BCUT2D eigenvalue weighted by Crippen LogP contribution is 2.29. The van der Waals surface area contributed by atoms with Gasteiger partial charge < -0.3 is 15.4 Å². The SMILES string of the molecule is CCNC(=NCC1(C)COC1)NCC(c1cccs1)N1CCC(C)CC1.I. The fraction of sp³-hybridized carbons (Fsp3) is 0.750. The Morgan fingerprint density at radius 3 is 2.67 bits per heavy atom. The maximum Gasteiger partial charge on any atom is 0.191 e. The number of guanidine groups is 1. The highest BCUT2D eigenvalue weighted by atomic mass is 127. The van der Waals surface area contributed by atoms with Gasteiger partial charge in [0.25, 0.3) is 0 Å². The maximum atomic E-state index is 5.35. The van der Waals surface area contributed by atoms with Gasteiger partial charge in [0, 0.05) is 23.4 Å². The third-order valence-corrected chi connectivity index (χ3v) is 6.43. The number of aliphatic imine (C=N–C) groups is 1. The summed E-state index contributed by atoms with van der Waals surface area (Å²) in [5, 5.41) is 9.18. The van der Waals surface area contributed by atoms with Gasteiger partial charge in [-0.05, 0) is 50.2 Å². The summed E-state index contributed by atoms with van der Waals surface area (Å²) in [7, 11) is 0. The van der Waals surface area contributed by atoms with Crippen LogP contribution in [0.5, 0.6) is 0 Å². The van der Waals surface area contributed by atoms with Crippen molar-refractivity contribution in [3.63, 3.8) is 0 Å². The minimum Gasteiger partial charge on any atom is -0.380 e. The Morgan fingerprint density at radius 1 is 1.37 bits per heavy atom. The van der Waals surface area contributed by atoms with Gasteiger partial charge in [0.1, 0.15) is 0 Å². The molecule has 2 aliphatic heterocycles. The van der Waals surface area contributed by atoms with Crippen LogP contribution in [0.4, 0.5) is 0 Å². The predicted molar refractivity (Wildman–Crippen MR) is 125 cm³/mol. The summed E-state index contributed by atoms with van der Waals surface area (Å²) in [6, 6.07) is 4.86. The third kappa shape index (κ3) is 6.58. The first-order valence-corrected chi connectivity index (χ1v) is 10.8. The molecule has 1 aromatic heterocycles. The molecule has 3 rings (SSSR count). The van der Waals surface area contributed by atoms with E-state index in [9.17, 15) is 0 Å². The molecule has 2 aliphatic rings. The number of halogens is 1. The molecular weight excluding hydrogens is 471 g/mol. The molecule has 5 nitrogen and oxygen atoms in total. The number of piperidine rings is 1. The molecule has 1 unspecified atom stereocenters. The van der Waals surface area contributed by atoms with Crippen molar-refractivity contribution in [2.24, 2.45) is 16.3 Å². The zero-order chi connectivity index (χ0) is 18.4. The molecular formula is C20H35IN4OS. The van der Waals surface area contributed by atoms with Crippen molar-refractivity contribution in [2.75, 3.05) is 45.9 Å². The second-order valence-corrected chi connectivity index (χ2v) is 9.11. The molecule has 0 spiro atoms. The first kappa shape index (κ1) is 22.9. The van der Waals surface area contributed by atoms with Crippen LogP contribution >= 0.6 is 35.3 Å². The lowest BCUT2D eigenvalue weighted by Crippen LogP contribution is -2.46. The van der Waals surface area contributed by atoms with E-state index in [4.69, 9.17) is 9.73 Å². The van der Waals surface area contributed by atoms with Crippen molar-refractivity contribution < 1.29 is 4.74 Å². The Labute approximate surface area is 185 Å². The Bertz CT molecular complexity index is 569.